The summed E-state index contributed by atoms with van der Waals surface area (Å²) in [6.45, 7) is 0. The van der Waals surface area contributed by atoms with Gasteiger partial charge in [-0.05, 0) is 30.3 Å². The minimum atomic E-state index is -0.446. The highest BCUT2D eigenvalue weighted by molar-refractivity contribution is 5.94. The van der Waals surface area contributed by atoms with E-state index in [1.807, 2.05) is 24.3 Å². The monoisotopic (exact) mass is 264 g/mol. The second kappa shape index (κ2) is 4.97. The summed E-state index contributed by atoms with van der Waals surface area (Å²) in [5.41, 5.74) is 9.18. The van der Waals surface area contributed by atoms with Crippen molar-refractivity contribution in [3.8, 4) is 22.5 Å². The first-order valence-corrected chi connectivity index (χ1v) is 6.10. The smallest absolute Gasteiger partial charge is 0.248 e. The number of benzene rings is 1. The number of pyridine rings is 1. The minimum Gasteiger partial charge on any atom is -0.366 e. The van der Waals surface area contributed by atoms with Crippen LogP contribution in [0, 0.1) is 0 Å². The van der Waals surface area contributed by atoms with Crippen molar-refractivity contribution in [1.82, 2.24) is 15.2 Å². The molecule has 0 fully saturated rings. The number of nitrogens with one attached hydrogen (secondary N) is 1. The first-order valence-electron chi connectivity index (χ1n) is 6.10. The largest absolute Gasteiger partial charge is 0.366 e. The van der Waals surface area contributed by atoms with Gasteiger partial charge in [-0.2, -0.15) is 5.10 Å². The Bertz CT molecular complexity index is 749. The van der Waals surface area contributed by atoms with Gasteiger partial charge in [0.1, 0.15) is 0 Å². The lowest BCUT2D eigenvalue weighted by Crippen LogP contribution is -2.10. The fourth-order valence-electron chi connectivity index (χ4n) is 1.97. The van der Waals surface area contributed by atoms with E-state index in [4.69, 9.17) is 5.73 Å². The molecule has 2 aromatic heterocycles. The maximum Gasteiger partial charge on any atom is 0.248 e. The minimum absolute atomic E-state index is 0.446. The molecule has 1 amide bonds. The second-order valence-corrected chi connectivity index (χ2v) is 4.35. The van der Waals surface area contributed by atoms with Gasteiger partial charge in [-0.25, -0.2) is 0 Å². The normalized spacial score (nSPS) is 10.4. The second-order valence-electron chi connectivity index (χ2n) is 4.35. The SMILES string of the molecule is NC(=O)c1cccc(-c2cc(-c3cccnc3)n[nH]2)c1. The molecule has 3 N–H and O–H groups in total. The fourth-order valence-corrected chi connectivity index (χ4v) is 1.97. The van der Waals surface area contributed by atoms with E-state index in [1.54, 1.807) is 30.6 Å². The van der Waals surface area contributed by atoms with Crippen LogP contribution in [0.4, 0.5) is 0 Å². The number of aromatic nitrogens is 3. The van der Waals surface area contributed by atoms with Gasteiger partial charge in [0.05, 0.1) is 11.4 Å². The average molecular weight is 264 g/mol. The van der Waals surface area contributed by atoms with Crippen LogP contribution in [0.5, 0.6) is 0 Å². The van der Waals surface area contributed by atoms with E-state index >= 15 is 0 Å². The first kappa shape index (κ1) is 12.1. The fraction of sp³-hybridized carbons (Fsp3) is 0. The third-order valence-corrected chi connectivity index (χ3v) is 2.99. The number of hydrogen-bond donors (Lipinski definition) is 2. The van der Waals surface area contributed by atoms with Crippen LogP contribution >= 0.6 is 0 Å². The number of primary amides is 1. The number of nitrogens with two attached hydrogens (primary N) is 1. The van der Waals surface area contributed by atoms with Gasteiger partial charge in [-0.1, -0.05) is 12.1 Å². The highest BCUT2D eigenvalue weighted by Gasteiger charge is 2.07. The van der Waals surface area contributed by atoms with Crippen LogP contribution in [0.15, 0.2) is 54.9 Å². The van der Waals surface area contributed by atoms with Crippen LogP contribution < -0.4 is 5.73 Å². The molecule has 0 bridgehead atoms. The van der Waals surface area contributed by atoms with Crippen molar-refractivity contribution in [2.45, 2.75) is 0 Å². The summed E-state index contributed by atoms with van der Waals surface area (Å²) >= 11 is 0. The number of carbonyl (C=O) groups is 1. The number of rotatable bonds is 3. The standard InChI is InChI=1S/C15H12N4O/c16-15(20)11-4-1-3-10(7-11)13-8-14(19-18-13)12-5-2-6-17-9-12/h1-9H,(H2,16,20)(H,18,19). The van der Waals surface area contributed by atoms with Gasteiger partial charge >= 0.3 is 0 Å². The molecule has 0 spiro atoms. The highest BCUT2D eigenvalue weighted by atomic mass is 16.1. The zero-order chi connectivity index (χ0) is 13.9. The van der Waals surface area contributed by atoms with Crippen molar-refractivity contribution < 1.29 is 4.79 Å². The molecule has 20 heavy (non-hydrogen) atoms. The highest BCUT2D eigenvalue weighted by Crippen LogP contribution is 2.23. The molecule has 0 aliphatic rings. The zero-order valence-electron chi connectivity index (χ0n) is 10.6. The van der Waals surface area contributed by atoms with Gasteiger partial charge in [0.25, 0.3) is 0 Å². The Morgan fingerprint density at radius 1 is 1.10 bits per heavy atom. The Labute approximate surface area is 115 Å². The van der Waals surface area contributed by atoms with Crippen molar-refractivity contribution >= 4 is 5.91 Å². The maximum atomic E-state index is 11.2. The van der Waals surface area contributed by atoms with Crippen LogP contribution in [0.25, 0.3) is 22.5 Å². The number of nitrogens with zero attached hydrogens (tertiary/aromatic N) is 2. The van der Waals surface area contributed by atoms with E-state index in [-0.39, 0.29) is 0 Å². The van der Waals surface area contributed by atoms with Gasteiger partial charge < -0.3 is 5.73 Å². The van der Waals surface area contributed by atoms with Crippen molar-refractivity contribution in [3.63, 3.8) is 0 Å². The van der Waals surface area contributed by atoms with E-state index in [1.165, 1.54) is 0 Å². The Kier molecular flexibility index (Phi) is 3.01. The van der Waals surface area contributed by atoms with Crippen LogP contribution in [0.2, 0.25) is 0 Å². The molecule has 0 saturated heterocycles. The average Bonchev–Trinajstić information content (AvgIpc) is 2.98. The lowest BCUT2D eigenvalue weighted by Gasteiger charge is -1.99. The van der Waals surface area contributed by atoms with Crippen LogP contribution in [0.3, 0.4) is 0 Å². The van der Waals surface area contributed by atoms with E-state index in [0.717, 1.165) is 22.5 Å². The Morgan fingerprint density at radius 3 is 2.70 bits per heavy atom. The molecule has 3 aromatic rings. The van der Waals surface area contributed by atoms with Gasteiger partial charge in [0.15, 0.2) is 0 Å². The van der Waals surface area contributed by atoms with Crippen molar-refractivity contribution in [2.75, 3.05) is 0 Å². The lowest BCUT2D eigenvalue weighted by atomic mass is 10.1. The Hall–Kier alpha value is -2.95. The Morgan fingerprint density at radius 2 is 1.95 bits per heavy atom. The number of H-pyrrole nitrogens is 1. The van der Waals surface area contributed by atoms with Gasteiger partial charge in [-0.3, -0.25) is 14.9 Å². The van der Waals surface area contributed by atoms with E-state index in [2.05, 4.69) is 15.2 Å². The zero-order valence-corrected chi connectivity index (χ0v) is 10.6. The molecular formula is C15H12N4O. The molecule has 0 aliphatic heterocycles. The molecule has 0 radical (unpaired) electrons. The molecule has 0 saturated carbocycles. The summed E-state index contributed by atoms with van der Waals surface area (Å²) in [6.07, 6.45) is 3.47. The molecule has 98 valence electrons. The van der Waals surface area contributed by atoms with Gasteiger partial charge in [0, 0.05) is 29.1 Å². The molecule has 5 heteroatoms. The van der Waals surface area contributed by atoms with Crippen molar-refractivity contribution in [2.24, 2.45) is 5.73 Å². The third-order valence-electron chi connectivity index (χ3n) is 2.99. The predicted octanol–water partition coefficient (Wildman–Crippen LogP) is 2.24. The van der Waals surface area contributed by atoms with Crippen molar-refractivity contribution in [1.29, 1.82) is 0 Å². The van der Waals surface area contributed by atoms with Gasteiger partial charge in [0.2, 0.25) is 5.91 Å². The first-order chi connectivity index (χ1) is 9.74. The molecule has 0 atom stereocenters. The van der Waals surface area contributed by atoms with E-state index in [9.17, 15) is 4.79 Å². The third kappa shape index (κ3) is 2.29. The molecule has 0 aliphatic carbocycles. The number of hydrogen-bond acceptors (Lipinski definition) is 3. The quantitative estimate of drug-likeness (QED) is 0.760. The molecule has 2 heterocycles. The molecular weight excluding hydrogens is 252 g/mol. The van der Waals surface area contributed by atoms with Crippen LogP contribution in [-0.2, 0) is 0 Å². The molecule has 0 unspecified atom stereocenters. The number of carbonyl (C=O) groups excluding carboxylic acids is 1. The summed E-state index contributed by atoms with van der Waals surface area (Å²) in [5, 5.41) is 7.21. The molecule has 3 rings (SSSR count). The van der Waals surface area contributed by atoms with Gasteiger partial charge in [-0.15, -0.1) is 0 Å². The Balaban J connectivity index is 1.98. The van der Waals surface area contributed by atoms with E-state index < -0.39 is 5.91 Å². The summed E-state index contributed by atoms with van der Waals surface area (Å²) < 4.78 is 0. The van der Waals surface area contributed by atoms with Crippen LogP contribution in [-0.4, -0.2) is 21.1 Å². The lowest BCUT2D eigenvalue weighted by molar-refractivity contribution is 0.100. The number of aromatic amines is 1. The topological polar surface area (TPSA) is 84.7 Å². The van der Waals surface area contributed by atoms with Crippen molar-refractivity contribution in [3.05, 3.63) is 60.4 Å². The molecule has 1 aromatic carbocycles. The number of amides is 1. The maximum absolute atomic E-state index is 11.2. The predicted molar refractivity (Wildman–Crippen MR) is 75.8 cm³/mol. The summed E-state index contributed by atoms with van der Waals surface area (Å²) in [5.74, 6) is -0.446. The van der Waals surface area contributed by atoms with Crippen LogP contribution in [0.1, 0.15) is 10.4 Å². The molecule has 5 nitrogen and oxygen atoms in total. The van der Waals surface area contributed by atoms with E-state index in [0.29, 0.717) is 5.56 Å². The summed E-state index contributed by atoms with van der Waals surface area (Å²) in [7, 11) is 0. The summed E-state index contributed by atoms with van der Waals surface area (Å²) in [6, 6.07) is 12.8. The summed E-state index contributed by atoms with van der Waals surface area (Å²) in [4.78, 5) is 15.3.